The molecule has 0 heterocycles. The van der Waals surface area contributed by atoms with Gasteiger partial charge < -0.3 is 0 Å². The second-order valence-corrected chi connectivity index (χ2v) is 6.98. The lowest BCUT2D eigenvalue weighted by Crippen LogP contribution is -2.03. The van der Waals surface area contributed by atoms with Crippen molar-refractivity contribution in [3.8, 4) is 0 Å². The van der Waals surface area contributed by atoms with Crippen molar-refractivity contribution in [2.75, 3.05) is 25.2 Å². The normalized spacial score (nSPS) is 12.4. The van der Waals surface area contributed by atoms with Crippen LogP contribution in [0.15, 0.2) is 0 Å². The minimum absolute atomic E-state index is 0.0756. The van der Waals surface area contributed by atoms with Gasteiger partial charge in [-0.1, -0.05) is 0 Å². The van der Waals surface area contributed by atoms with E-state index in [1.807, 2.05) is 0 Å². The van der Waals surface area contributed by atoms with E-state index in [-0.39, 0.29) is 13.7 Å². The van der Waals surface area contributed by atoms with Crippen LogP contribution in [0.25, 0.3) is 0 Å². The summed E-state index contributed by atoms with van der Waals surface area (Å²) < 4.78 is 28.8. The maximum absolute atomic E-state index is 10.2. The first-order chi connectivity index (χ1) is 4.92. The molecule has 0 amide bonds. The summed E-state index contributed by atoms with van der Waals surface area (Å²) in [4.78, 5) is 0. The van der Waals surface area contributed by atoms with Crippen molar-refractivity contribution in [3.05, 3.63) is 0 Å². The van der Waals surface area contributed by atoms with Crippen LogP contribution in [0.4, 0.5) is 0 Å². The second-order valence-electron chi connectivity index (χ2n) is 2.80. The molecule has 0 bridgehead atoms. The van der Waals surface area contributed by atoms with Gasteiger partial charge >= 0.3 is 0 Å². The number of unbranched alkanes of at least 4 members (excludes halogenated alkanes) is 1. The summed E-state index contributed by atoms with van der Waals surface area (Å²) in [5, 5.41) is 0. The lowest BCUT2D eigenvalue weighted by molar-refractivity contribution is 0.481. The van der Waals surface area contributed by atoms with E-state index in [0.29, 0.717) is 6.42 Å². The Morgan fingerprint density at radius 3 is 2.18 bits per heavy atom. The van der Waals surface area contributed by atoms with Crippen LogP contribution >= 0.6 is 7.92 Å². The summed E-state index contributed by atoms with van der Waals surface area (Å²) >= 11 is 0. The second kappa shape index (κ2) is 5.07. The highest BCUT2D eigenvalue weighted by Crippen LogP contribution is 2.25. The maximum atomic E-state index is 10.2. The molecule has 0 aliphatic heterocycles. The van der Waals surface area contributed by atoms with Crippen LogP contribution in [-0.4, -0.2) is 38.2 Å². The van der Waals surface area contributed by atoms with Gasteiger partial charge in [-0.3, -0.25) is 4.55 Å². The number of hydrogen-bond donors (Lipinski definition) is 1. The van der Waals surface area contributed by atoms with Crippen molar-refractivity contribution >= 4 is 18.0 Å². The molecular weight excluding hydrogens is 183 g/mol. The molecule has 0 unspecified atom stereocenters. The van der Waals surface area contributed by atoms with Crippen molar-refractivity contribution in [1.29, 1.82) is 0 Å². The Balaban J connectivity index is 3.30. The van der Waals surface area contributed by atoms with Gasteiger partial charge in [-0.15, -0.1) is 7.92 Å². The number of rotatable bonds is 5. The maximum Gasteiger partial charge on any atom is 0.264 e. The summed E-state index contributed by atoms with van der Waals surface area (Å²) in [6, 6.07) is 0. The Labute approximate surface area is 69.7 Å². The van der Waals surface area contributed by atoms with Crippen molar-refractivity contribution in [1.82, 2.24) is 0 Å². The average Bonchev–Trinajstić information content (AvgIpc) is 1.78. The minimum Gasteiger partial charge on any atom is -0.286 e. The first-order valence-electron chi connectivity index (χ1n) is 3.52. The van der Waals surface area contributed by atoms with Crippen LogP contribution in [0.2, 0.25) is 0 Å². The predicted molar refractivity (Wildman–Crippen MR) is 49.3 cm³/mol. The van der Waals surface area contributed by atoms with Crippen LogP contribution in [0.3, 0.4) is 0 Å². The van der Waals surface area contributed by atoms with Gasteiger partial charge in [-0.05, 0) is 32.3 Å². The summed E-state index contributed by atoms with van der Waals surface area (Å²) in [7, 11) is -3.64. The first-order valence-corrected chi connectivity index (χ1v) is 7.55. The highest BCUT2D eigenvalue weighted by Gasteiger charge is 2.03. The standard InChI is InChI=1S/C6H15O3PS/c1-10(2)5-3-4-6-11(7,8)9/h3-6H2,1-2H3,(H,7,8,9). The van der Waals surface area contributed by atoms with Gasteiger partial charge in [0.15, 0.2) is 0 Å². The number of hydrogen-bond acceptors (Lipinski definition) is 2. The molecule has 68 valence electrons. The van der Waals surface area contributed by atoms with E-state index in [9.17, 15) is 8.42 Å². The highest BCUT2D eigenvalue weighted by atomic mass is 32.2. The fraction of sp³-hybridized carbons (Fsp3) is 1.00. The highest BCUT2D eigenvalue weighted by molar-refractivity contribution is 7.85. The average molecular weight is 198 g/mol. The van der Waals surface area contributed by atoms with Gasteiger partial charge in [0.1, 0.15) is 0 Å². The van der Waals surface area contributed by atoms with Gasteiger partial charge in [0.2, 0.25) is 0 Å². The first kappa shape index (κ1) is 11.3. The zero-order valence-corrected chi connectivity index (χ0v) is 8.66. The largest absolute Gasteiger partial charge is 0.286 e. The van der Waals surface area contributed by atoms with Gasteiger partial charge in [0, 0.05) is 0 Å². The van der Waals surface area contributed by atoms with Crippen LogP contribution in [0.1, 0.15) is 12.8 Å². The van der Waals surface area contributed by atoms with E-state index in [2.05, 4.69) is 13.3 Å². The van der Waals surface area contributed by atoms with E-state index in [1.54, 1.807) is 0 Å². The molecule has 11 heavy (non-hydrogen) atoms. The fourth-order valence-corrected chi connectivity index (χ4v) is 2.14. The SMILES string of the molecule is CP(C)CCCCS(=O)(=O)O. The Morgan fingerprint density at radius 2 is 1.82 bits per heavy atom. The van der Waals surface area contributed by atoms with E-state index in [1.165, 1.54) is 0 Å². The molecule has 0 atom stereocenters. The Hall–Kier alpha value is 0.340. The molecule has 0 aromatic carbocycles. The van der Waals surface area contributed by atoms with Crippen LogP contribution in [0.5, 0.6) is 0 Å². The van der Waals surface area contributed by atoms with E-state index >= 15 is 0 Å². The monoisotopic (exact) mass is 198 g/mol. The zero-order valence-electron chi connectivity index (χ0n) is 6.95. The van der Waals surface area contributed by atoms with E-state index < -0.39 is 10.1 Å². The molecule has 0 aromatic rings. The molecule has 3 nitrogen and oxygen atoms in total. The molecule has 0 fully saturated rings. The molecule has 0 aliphatic rings. The van der Waals surface area contributed by atoms with Crippen LogP contribution < -0.4 is 0 Å². The predicted octanol–water partition coefficient (Wildman–Crippen LogP) is 1.40. The Morgan fingerprint density at radius 1 is 1.27 bits per heavy atom. The fourth-order valence-electron chi connectivity index (χ4n) is 0.712. The van der Waals surface area contributed by atoms with Crippen molar-refractivity contribution in [2.24, 2.45) is 0 Å². The van der Waals surface area contributed by atoms with Gasteiger partial charge in [-0.2, -0.15) is 8.42 Å². The smallest absolute Gasteiger partial charge is 0.264 e. The third kappa shape index (κ3) is 10.3. The van der Waals surface area contributed by atoms with E-state index in [4.69, 9.17) is 4.55 Å². The van der Waals surface area contributed by atoms with Gasteiger partial charge in [0.25, 0.3) is 10.1 Å². The summed E-state index contributed by atoms with van der Waals surface area (Å²) in [5.41, 5.74) is 0. The molecule has 0 saturated carbocycles. The van der Waals surface area contributed by atoms with Gasteiger partial charge in [0.05, 0.1) is 5.75 Å². The third-order valence-corrected chi connectivity index (χ3v) is 3.27. The van der Waals surface area contributed by atoms with Crippen LogP contribution in [0, 0.1) is 0 Å². The molecule has 1 N–H and O–H groups in total. The third-order valence-electron chi connectivity index (χ3n) is 1.26. The lowest BCUT2D eigenvalue weighted by Gasteiger charge is -2.02. The Bertz CT molecular complexity index is 186. The summed E-state index contributed by atoms with van der Waals surface area (Å²) in [6.07, 6.45) is 2.57. The Kier molecular flexibility index (Phi) is 5.23. The molecular formula is C6H15O3PS. The molecule has 0 aromatic heterocycles. The van der Waals surface area contributed by atoms with Crippen molar-refractivity contribution in [3.63, 3.8) is 0 Å². The quantitative estimate of drug-likeness (QED) is 0.412. The molecule has 0 aliphatic carbocycles. The topological polar surface area (TPSA) is 54.4 Å². The summed E-state index contributed by atoms with van der Waals surface area (Å²) in [5.74, 6) is -0.0871. The van der Waals surface area contributed by atoms with Crippen molar-refractivity contribution < 1.29 is 13.0 Å². The lowest BCUT2D eigenvalue weighted by atomic mass is 10.4. The van der Waals surface area contributed by atoms with E-state index in [0.717, 1.165) is 12.6 Å². The van der Waals surface area contributed by atoms with Gasteiger partial charge in [-0.25, -0.2) is 0 Å². The zero-order chi connectivity index (χ0) is 8.91. The molecule has 0 rings (SSSR count). The van der Waals surface area contributed by atoms with Crippen LogP contribution in [-0.2, 0) is 10.1 Å². The molecule has 0 saturated heterocycles. The minimum atomic E-state index is -3.71. The molecule has 0 spiro atoms. The van der Waals surface area contributed by atoms with Crippen molar-refractivity contribution in [2.45, 2.75) is 12.8 Å². The molecule has 0 radical (unpaired) electrons. The molecule has 5 heteroatoms. The summed E-state index contributed by atoms with van der Waals surface area (Å²) in [6.45, 7) is 4.31.